The molecule has 0 amide bonds. The number of hydrogen-bond acceptors (Lipinski definition) is 4. The minimum Gasteiger partial charge on any atom is -0.399 e. The Morgan fingerprint density at radius 1 is 0.950 bits per heavy atom. The summed E-state index contributed by atoms with van der Waals surface area (Å²) in [5, 5.41) is 0. The number of anilines is 1. The highest BCUT2D eigenvalue weighted by Gasteiger charge is 2.16. The number of likely N-dealkylation sites (N-methyl/N-ethyl adjacent to an activating group) is 1. The molecule has 4 heteroatoms. The van der Waals surface area contributed by atoms with Crippen molar-refractivity contribution in [2.24, 2.45) is 0 Å². The first-order valence-corrected chi connectivity index (χ1v) is 7.57. The molecule has 0 aromatic heterocycles. The lowest BCUT2D eigenvalue weighted by atomic mass is 10.1. The smallest absolute Gasteiger partial charge is 0.0314 e. The predicted molar refractivity (Wildman–Crippen MR) is 86.0 cm³/mol. The fourth-order valence-corrected chi connectivity index (χ4v) is 2.55. The van der Waals surface area contributed by atoms with Crippen molar-refractivity contribution in [2.45, 2.75) is 6.42 Å². The Balaban J connectivity index is 1.65. The molecule has 1 saturated heterocycles. The van der Waals surface area contributed by atoms with E-state index >= 15 is 0 Å². The SMILES string of the molecule is CN(C)CCN1CCN(CCc2ccc(N)cc2)CC1. The summed E-state index contributed by atoms with van der Waals surface area (Å²) >= 11 is 0. The Kier molecular flexibility index (Phi) is 5.83. The second-order valence-corrected chi connectivity index (χ2v) is 5.98. The predicted octanol–water partition coefficient (Wildman–Crippen LogP) is 0.991. The van der Waals surface area contributed by atoms with E-state index in [1.54, 1.807) is 0 Å². The van der Waals surface area contributed by atoms with Crippen LogP contribution in [0.4, 0.5) is 5.69 Å². The topological polar surface area (TPSA) is 35.7 Å². The van der Waals surface area contributed by atoms with Gasteiger partial charge in [-0.1, -0.05) is 12.1 Å². The number of nitrogen functional groups attached to an aromatic ring is 1. The van der Waals surface area contributed by atoms with Gasteiger partial charge in [0, 0.05) is 51.5 Å². The first-order chi connectivity index (χ1) is 9.63. The molecule has 1 aromatic rings. The van der Waals surface area contributed by atoms with Gasteiger partial charge in [0.1, 0.15) is 0 Å². The van der Waals surface area contributed by atoms with Gasteiger partial charge in [-0.05, 0) is 38.2 Å². The van der Waals surface area contributed by atoms with Gasteiger partial charge >= 0.3 is 0 Å². The van der Waals surface area contributed by atoms with Crippen molar-refractivity contribution in [3.05, 3.63) is 29.8 Å². The normalized spacial score (nSPS) is 17.8. The maximum atomic E-state index is 5.71. The van der Waals surface area contributed by atoms with Crippen LogP contribution in [0.2, 0.25) is 0 Å². The lowest BCUT2D eigenvalue weighted by Crippen LogP contribution is -2.48. The highest BCUT2D eigenvalue weighted by Crippen LogP contribution is 2.08. The van der Waals surface area contributed by atoms with Crippen LogP contribution in [0.25, 0.3) is 0 Å². The molecule has 1 aromatic carbocycles. The molecule has 112 valence electrons. The van der Waals surface area contributed by atoms with Gasteiger partial charge in [0.25, 0.3) is 0 Å². The zero-order valence-corrected chi connectivity index (χ0v) is 12.9. The average Bonchev–Trinajstić information content (AvgIpc) is 2.45. The Labute approximate surface area is 123 Å². The lowest BCUT2D eigenvalue weighted by Gasteiger charge is -2.35. The summed E-state index contributed by atoms with van der Waals surface area (Å²) in [5.74, 6) is 0. The van der Waals surface area contributed by atoms with E-state index in [0.717, 1.165) is 25.2 Å². The van der Waals surface area contributed by atoms with Crippen LogP contribution in [0.15, 0.2) is 24.3 Å². The zero-order chi connectivity index (χ0) is 14.4. The minimum absolute atomic E-state index is 0.850. The summed E-state index contributed by atoms with van der Waals surface area (Å²) < 4.78 is 0. The van der Waals surface area contributed by atoms with Crippen LogP contribution >= 0.6 is 0 Å². The molecular weight excluding hydrogens is 248 g/mol. The van der Waals surface area contributed by atoms with Crippen molar-refractivity contribution < 1.29 is 0 Å². The molecule has 1 aliphatic rings. The van der Waals surface area contributed by atoms with Gasteiger partial charge in [-0.25, -0.2) is 0 Å². The molecule has 0 saturated carbocycles. The summed E-state index contributed by atoms with van der Waals surface area (Å²) in [6, 6.07) is 8.27. The van der Waals surface area contributed by atoms with Crippen molar-refractivity contribution in [1.29, 1.82) is 0 Å². The minimum atomic E-state index is 0.850. The van der Waals surface area contributed by atoms with E-state index < -0.39 is 0 Å². The highest BCUT2D eigenvalue weighted by molar-refractivity contribution is 5.39. The second kappa shape index (κ2) is 7.62. The van der Waals surface area contributed by atoms with E-state index in [2.05, 4.69) is 40.9 Å². The molecule has 0 spiro atoms. The molecule has 0 unspecified atom stereocenters. The van der Waals surface area contributed by atoms with Crippen LogP contribution in [0.3, 0.4) is 0 Å². The summed E-state index contributed by atoms with van der Waals surface area (Å²) in [6.45, 7) is 8.31. The summed E-state index contributed by atoms with van der Waals surface area (Å²) in [6.07, 6.45) is 1.12. The standard InChI is InChI=1S/C16H28N4/c1-18(2)9-10-20-13-11-19(12-14-20)8-7-15-3-5-16(17)6-4-15/h3-6H,7-14,17H2,1-2H3. The number of benzene rings is 1. The molecule has 0 bridgehead atoms. The molecule has 1 aliphatic heterocycles. The van der Waals surface area contributed by atoms with Gasteiger partial charge in [0.15, 0.2) is 0 Å². The molecule has 2 rings (SSSR count). The quantitative estimate of drug-likeness (QED) is 0.786. The molecular formula is C16H28N4. The fourth-order valence-electron chi connectivity index (χ4n) is 2.55. The van der Waals surface area contributed by atoms with Gasteiger partial charge in [0.2, 0.25) is 0 Å². The third kappa shape index (κ3) is 5.12. The molecule has 1 fully saturated rings. The number of piperazine rings is 1. The Morgan fingerprint density at radius 3 is 2.05 bits per heavy atom. The Bertz CT molecular complexity index is 380. The summed E-state index contributed by atoms with van der Waals surface area (Å²) in [5.41, 5.74) is 7.95. The van der Waals surface area contributed by atoms with Crippen LogP contribution in [-0.4, -0.2) is 74.6 Å². The van der Waals surface area contributed by atoms with Crippen molar-refractivity contribution >= 4 is 5.69 Å². The number of nitrogens with two attached hydrogens (primary N) is 1. The Morgan fingerprint density at radius 2 is 1.50 bits per heavy atom. The van der Waals surface area contributed by atoms with E-state index in [0.29, 0.717) is 0 Å². The van der Waals surface area contributed by atoms with Crippen LogP contribution in [-0.2, 0) is 6.42 Å². The van der Waals surface area contributed by atoms with E-state index in [1.807, 2.05) is 12.1 Å². The maximum Gasteiger partial charge on any atom is 0.0314 e. The maximum absolute atomic E-state index is 5.71. The van der Waals surface area contributed by atoms with Gasteiger partial charge in [-0.2, -0.15) is 0 Å². The molecule has 1 heterocycles. The first-order valence-electron chi connectivity index (χ1n) is 7.57. The van der Waals surface area contributed by atoms with Gasteiger partial charge in [-0.3, -0.25) is 4.90 Å². The van der Waals surface area contributed by atoms with Crippen LogP contribution < -0.4 is 5.73 Å². The van der Waals surface area contributed by atoms with Crippen LogP contribution in [0, 0.1) is 0 Å². The van der Waals surface area contributed by atoms with Crippen LogP contribution in [0.1, 0.15) is 5.56 Å². The zero-order valence-electron chi connectivity index (χ0n) is 12.9. The number of rotatable bonds is 6. The molecule has 0 aliphatic carbocycles. The average molecular weight is 276 g/mol. The van der Waals surface area contributed by atoms with E-state index in [1.165, 1.54) is 38.3 Å². The largest absolute Gasteiger partial charge is 0.399 e. The van der Waals surface area contributed by atoms with E-state index in [4.69, 9.17) is 5.73 Å². The van der Waals surface area contributed by atoms with E-state index in [-0.39, 0.29) is 0 Å². The van der Waals surface area contributed by atoms with Crippen molar-refractivity contribution in [3.8, 4) is 0 Å². The first kappa shape index (κ1) is 15.3. The fraction of sp³-hybridized carbons (Fsp3) is 0.625. The summed E-state index contributed by atoms with van der Waals surface area (Å²) in [4.78, 5) is 7.40. The van der Waals surface area contributed by atoms with Crippen LogP contribution in [0.5, 0.6) is 0 Å². The molecule has 2 N–H and O–H groups in total. The molecule has 4 nitrogen and oxygen atoms in total. The molecule has 20 heavy (non-hydrogen) atoms. The van der Waals surface area contributed by atoms with Crippen molar-refractivity contribution in [3.63, 3.8) is 0 Å². The highest BCUT2D eigenvalue weighted by atomic mass is 15.3. The monoisotopic (exact) mass is 276 g/mol. The van der Waals surface area contributed by atoms with Crippen molar-refractivity contribution in [2.75, 3.05) is 65.6 Å². The molecule has 0 atom stereocenters. The Hall–Kier alpha value is -1.10. The second-order valence-electron chi connectivity index (χ2n) is 5.98. The third-order valence-electron chi connectivity index (χ3n) is 4.02. The summed E-state index contributed by atoms with van der Waals surface area (Å²) in [7, 11) is 4.28. The van der Waals surface area contributed by atoms with Gasteiger partial charge in [0.05, 0.1) is 0 Å². The molecule has 0 radical (unpaired) electrons. The number of nitrogens with zero attached hydrogens (tertiary/aromatic N) is 3. The van der Waals surface area contributed by atoms with E-state index in [9.17, 15) is 0 Å². The van der Waals surface area contributed by atoms with Crippen molar-refractivity contribution in [1.82, 2.24) is 14.7 Å². The lowest BCUT2D eigenvalue weighted by molar-refractivity contribution is 0.126. The van der Waals surface area contributed by atoms with Gasteiger partial charge in [-0.15, -0.1) is 0 Å². The third-order valence-corrected chi connectivity index (χ3v) is 4.02. The van der Waals surface area contributed by atoms with Gasteiger partial charge < -0.3 is 15.5 Å². The number of hydrogen-bond donors (Lipinski definition) is 1.